The first kappa shape index (κ1) is 32.6. The van der Waals surface area contributed by atoms with Crippen molar-refractivity contribution in [3.05, 3.63) is 127 Å². The highest BCUT2D eigenvalue weighted by molar-refractivity contribution is 14.1. The molecule has 1 aliphatic rings. The predicted molar refractivity (Wildman–Crippen MR) is 193 cm³/mol. The number of fused-ring (bicyclic) bond motifs is 1. The van der Waals surface area contributed by atoms with Gasteiger partial charge >= 0.3 is 5.97 Å². The van der Waals surface area contributed by atoms with Crippen LogP contribution in [0.1, 0.15) is 74.8 Å². The molecule has 0 aliphatic carbocycles. The van der Waals surface area contributed by atoms with Crippen LogP contribution in [0.3, 0.4) is 0 Å². The van der Waals surface area contributed by atoms with Crippen LogP contribution in [-0.2, 0) is 16.1 Å². The van der Waals surface area contributed by atoms with Crippen LogP contribution in [0.4, 0.5) is 0 Å². The van der Waals surface area contributed by atoms with Gasteiger partial charge in [-0.1, -0.05) is 93.1 Å². The number of ether oxygens (including phenoxy) is 2. The molecule has 0 amide bonds. The Hall–Kier alpha value is -2.77. The molecule has 1 atom stereocenters. The summed E-state index contributed by atoms with van der Waals surface area (Å²) in [6.07, 6.45) is 3.30. The fourth-order valence-electron chi connectivity index (χ4n) is 5.21. The number of carbonyl (C=O) groups excluding carboxylic acids is 1. The van der Waals surface area contributed by atoms with Crippen LogP contribution in [0, 0.1) is 7.14 Å². The molecule has 0 fully saturated rings. The molecule has 1 aliphatic heterocycles. The third-order valence-electron chi connectivity index (χ3n) is 7.36. The van der Waals surface area contributed by atoms with E-state index in [1.54, 1.807) is 11.5 Å². The lowest BCUT2D eigenvalue weighted by Gasteiger charge is -2.26. The van der Waals surface area contributed by atoms with Crippen LogP contribution in [0.5, 0.6) is 5.75 Å². The van der Waals surface area contributed by atoms with Crippen LogP contribution in [-0.4, -0.2) is 17.1 Å². The van der Waals surface area contributed by atoms with E-state index in [0.29, 0.717) is 39.5 Å². The lowest BCUT2D eigenvalue weighted by molar-refractivity contribution is -0.139. The van der Waals surface area contributed by atoms with Gasteiger partial charge in [-0.05, 0) is 99.3 Å². The molecule has 0 saturated carbocycles. The summed E-state index contributed by atoms with van der Waals surface area (Å²) in [5.41, 5.74) is 4.82. The average Bonchev–Trinajstić information content (AvgIpc) is 3.30. The maximum absolute atomic E-state index is 14.3. The van der Waals surface area contributed by atoms with Crippen LogP contribution in [0.2, 0.25) is 0 Å². The topological polar surface area (TPSA) is 69.9 Å². The predicted octanol–water partition coefficient (Wildman–Crippen LogP) is 7.49. The number of nitrogens with zero attached hydrogens (tertiary/aromatic N) is 2. The molecule has 2 heterocycles. The molecule has 5 rings (SSSR count). The van der Waals surface area contributed by atoms with Crippen LogP contribution >= 0.6 is 56.5 Å². The SMILES string of the molecule is CCCC1=C(C(=O)OCC)[C@H](c2ccc(C(C)C)cc2)n2c(s/c(=C\c3cc(I)cc(I)c3OCc3ccccc3)c2=O)=N1. The molecule has 44 heavy (non-hydrogen) atoms. The molecule has 0 bridgehead atoms. The normalized spacial score (nSPS) is 14.9. The summed E-state index contributed by atoms with van der Waals surface area (Å²) in [6, 6.07) is 21.6. The number of esters is 1. The zero-order chi connectivity index (χ0) is 31.4. The number of benzene rings is 3. The molecule has 4 aromatic rings. The number of allylic oxidation sites excluding steroid dienone is 1. The maximum atomic E-state index is 14.3. The molecule has 228 valence electrons. The second-order valence-corrected chi connectivity index (χ2v) is 14.2. The quantitative estimate of drug-likeness (QED) is 0.123. The fourth-order valence-corrected chi connectivity index (χ4v) is 8.27. The van der Waals surface area contributed by atoms with E-state index in [2.05, 4.69) is 84.2 Å². The molecule has 0 spiro atoms. The van der Waals surface area contributed by atoms with Gasteiger partial charge in [-0.25, -0.2) is 9.79 Å². The number of hydrogen-bond donors (Lipinski definition) is 0. The summed E-state index contributed by atoms with van der Waals surface area (Å²) < 4.78 is 16.1. The van der Waals surface area contributed by atoms with E-state index in [0.717, 1.165) is 36.0 Å². The smallest absolute Gasteiger partial charge is 0.338 e. The van der Waals surface area contributed by atoms with Gasteiger partial charge in [0.1, 0.15) is 12.4 Å². The number of rotatable bonds is 10. The Morgan fingerprint density at radius 3 is 2.45 bits per heavy atom. The van der Waals surface area contributed by atoms with Crippen molar-refractivity contribution in [2.75, 3.05) is 6.61 Å². The summed E-state index contributed by atoms with van der Waals surface area (Å²) in [5, 5.41) is 0. The zero-order valence-corrected chi connectivity index (χ0v) is 30.2. The molecular formula is C35H34I2N2O4S. The molecule has 9 heteroatoms. The fraction of sp³-hybridized carbons (Fsp3) is 0.286. The molecule has 3 aromatic carbocycles. The summed E-state index contributed by atoms with van der Waals surface area (Å²) in [5.74, 6) is 0.646. The minimum atomic E-state index is -0.639. The van der Waals surface area contributed by atoms with Crippen molar-refractivity contribution in [1.29, 1.82) is 0 Å². The number of aromatic nitrogens is 1. The molecule has 1 aromatic heterocycles. The van der Waals surface area contributed by atoms with E-state index in [1.807, 2.05) is 54.6 Å². The van der Waals surface area contributed by atoms with Gasteiger partial charge in [-0.15, -0.1) is 0 Å². The lowest BCUT2D eigenvalue weighted by Crippen LogP contribution is -2.40. The first-order valence-electron chi connectivity index (χ1n) is 14.7. The molecular weight excluding hydrogens is 798 g/mol. The highest BCUT2D eigenvalue weighted by Crippen LogP contribution is 2.34. The standard InChI is InChI=1S/C35H34I2N2O4S/c1-5-10-28-30(34(41)42-6-2)31(24-15-13-23(14-16-24)21(3)4)39-33(40)29(44-35(39)38-28)18-25-17-26(36)19-27(37)32(25)43-20-22-11-8-7-9-12-22/h7-9,11-19,21,31H,5-6,10,20H2,1-4H3/b29-18-/t31-/m0/s1. The average molecular weight is 833 g/mol. The van der Waals surface area contributed by atoms with Crippen molar-refractivity contribution in [3.8, 4) is 5.75 Å². The van der Waals surface area contributed by atoms with Gasteiger partial charge in [0.25, 0.3) is 5.56 Å². The van der Waals surface area contributed by atoms with Crippen molar-refractivity contribution < 1.29 is 14.3 Å². The summed E-state index contributed by atoms with van der Waals surface area (Å²) in [4.78, 5) is 33.3. The summed E-state index contributed by atoms with van der Waals surface area (Å²) in [7, 11) is 0. The van der Waals surface area contributed by atoms with E-state index in [9.17, 15) is 9.59 Å². The Kier molecular flexibility index (Phi) is 10.8. The van der Waals surface area contributed by atoms with E-state index >= 15 is 0 Å². The van der Waals surface area contributed by atoms with Gasteiger partial charge in [-0.3, -0.25) is 9.36 Å². The van der Waals surface area contributed by atoms with E-state index in [1.165, 1.54) is 16.9 Å². The Morgan fingerprint density at radius 2 is 1.80 bits per heavy atom. The monoisotopic (exact) mass is 832 g/mol. The van der Waals surface area contributed by atoms with Gasteiger partial charge < -0.3 is 9.47 Å². The van der Waals surface area contributed by atoms with Gasteiger partial charge in [-0.2, -0.15) is 0 Å². The third kappa shape index (κ3) is 7.04. The van der Waals surface area contributed by atoms with E-state index < -0.39 is 12.0 Å². The van der Waals surface area contributed by atoms with Crippen LogP contribution < -0.4 is 19.6 Å². The van der Waals surface area contributed by atoms with Gasteiger partial charge in [0.05, 0.1) is 32.0 Å². The van der Waals surface area contributed by atoms with Crippen molar-refractivity contribution in [1.82, 2.24) is 4.57 Å². The van der Waals surface area contributed by atoms with Crippen molar-refractivity contribution in [3.63, 3.8) is 0 Å². The Balaban J connectivity index is 1.69. The largest absolute Gasteiger partial charge is 0.487 e. The van der Waals surface area contributed by atoms with Gasteiger partial charge in [0, 0.05) is 9.13 Å². The lowest BCUT2D eigenvalue weighted by atomic mass is 9.92. The number of thiazole rings is 1. The molecule has 0 N–H and O–H groups in total. The third-order valence-corrected chi connectivity index (χ3v) is 9.77. The van der Waals surface area contributed by atoms with E-state index in [-0.39, 0.29) is 12.2 Å². The maximum Gasteiger partial charge on any atom is 0.338 e. The van der Waals surface area contributed by atoms with Gasteiger partial charge in [0.2, 0.25) is 0 Å². The summed E-state index contributed by atoms with van der Waals surface area (Å²) in [6.45, 7) is 8.79. The Morgan fingerprint density at radius 1 is 1.07 bits per heavy atom. The minimum Gasteiger partial charge on any atom is -0.487 e. The Bertz CT molecular complexity index is 1880. The highest BCUT2D eigenvalue weighted by atomic mass is 127. The van der Waals surface area contributed by atoms with Gasteiger partial charge in [0.15, 0.2) is 4.80 Å². The van der Waals surface area contributed by atoms with Crippen LogP contribution in [0.15, 0.2) is 87.8 Å². The zero-order valence-electron chi connectivity index (χ0n) is 25.1. The number of hydrogen-bond acceptors (Lipinski definition) is 6. The number of carbonyl (C=O) groups is 1. The molecule has 0 unspecified atom stereocenters. The molecule has 0 saturated heterocycles. The minimum absolute atomic E-state index is 0.202. The highest BCUT2D eigenvalue weighted by Gasteiger charge is 2.34. The second kappa shape index (κ2) is 14.6. The second-order valence-electron chi connectivity index (χ2n) is 10.8. The molecule has 6 nitrogen and oxygen atoms in total. The Labute approximate surface area is 288 Å². The van der Waals surface area contributed by atoms with Crippen LogP contribution in [0.25, 0.3) is 6.08 Å². The van der Waals surface area contributed by atoms with Crippen molar-refractivity contribution >= 4 is 68.6 Å². The number of halogens is 2. The van der Waals surface area contributed by atoms with E-state index in [4.69, 9.17) is 14.5 Å². The van der Waals surface area contributed by atoms with Crippen molar-refractivity contribution in [2.45, 2.75) is 59.1 Å². The summed E-state index contributed by atoms with van der Waals surface area (Å²) >= 11 is 5.91. The molecule has 0 radical (unpaired) electrons. The van der Waals surface area contributed by atoms with Crippen molar-refractivity contribution in [2.24, 2.45) is 4.99 Å². The first-order chi connectivity index (χ1) is 21.2. The first-order valence-corrected chi connectivity index (χ1v) is 17.7.